The predicted molar refractivity (Wildman–Crippen MR) is 80.7 cm³/mol. The summed E-state index contributed by atoms with van der Waals surface area (Å²) >= 11 is 0. The first-order valence-electron chi connectivity index (χ1n) is 6.82. The molecule has 0 spiro atoms. The molecular weight excluding hydrogens is 266 g/mol. The molecule has 6 nitrogen and oxygen atoms in total. The number of anilines is 1. The zero-order valence-corrected chi connectivity index (χ0v) is 12.4. The van der Waals surface area contributed by atoms with Crippen molar-refractivity contribution in [3.63, 3.8) is 0 Å². The van der Waals surface area contributed by atoms with Crippen molar-refractivity contribution in [1.29, 1.82) is 0 Å². The summed E-state index contributed by atoms with van der Waals surface area (Å²) in [6.45, 7) is 5.83. The number of hydrogen-bond acceptors (Lipinski definition) is 5. The number of amides is 1. The van der Waals surface area contributed by atoms with Crippen LogP contribution in [0.5, 0.6) is 0 Å². The largest absolute Gasteiger partial charge is 0.396 e. The van der Waals surface area contributed by atoms with E-state index in [9.17, 15) is 4.79 Å². The molecule has 0 saturated heterocycles. The van der Waals surface area contributed by atoms with Crippen molar-refractivity contribution in [2.45, 2.75) is 32.7 Å². The van der Waals surface area contributed by atoms with Crippen LogP contribution in [0.15, 0.2) is 30.7 Å². The lowest BCUT2D eigenvalue weighted by atomic mass is 10.1. The van der Waals surface area contributed by atoms with Gasteiger partial charge in [0.1, 0.15) is 5.82 Å². The van der Waals surface area contributed by atoms with Crippen LogP contribution in [0.25, 0.3) is 0 Å². The number of carbonyl (C=O) groups is 1. The molecular formula is C15H19N5O. The van der Waals surface area contributed by atoms with Gasteiger partial charge in [-0.05, 0) is 24.6 Å². The van der Waals surface area contributed by atoms with E-state index in [4.69, 9.17) is 5.73 Å². The van der Waals surface area contributed by atoms with E-state index in [2.05, 4.69) is 20.3 Å². The summed E-state index contributed by atoms with van der Waals surface area (Å²) in [7, 11) is 0. The van der Waals surface area contributed by atoms with Gasteiger partial charge in [-0.15, -0.1) is 0 Å². The fourth-order valence-electron chi connectivity index (χ4n) is 1.87. The third kappa shape index (κ3) is 3.53. The molecule has 0 radical (unpaired) electrons. The first-order valence-corrected chi connectivity index (χ1v) is 6.82. The van der Waals surface area contributed by atoms with Crippen LogP contribution in [-0.4, -0.2) is 20.9 Å². The zero-order valence-electron chi connectivity index (χ0n) is 12.4. The second-order valence-corrected chi connectivity index (χ2v) is 5.16. The molecule has 2 aromatic rings. The van der Waals surface area contributed by atoms with Gasteiger partial charge in [0.15, 0.2) is 5.69 Å². The molecule has 1 atom stereocenters. The summed E-state index contributed by atoms with van der Waals surface area (Å²) < 4.78 is 0. The van der Waals surface area contributed by atoms with Gasteiger partial charge in [-0.1, -0.05) is 13.8 Å². The second-order valence-electron chi connectivity index (χ2n) is 5.16. The van der Waals surface area contributed by atoms with Crippen LogP contribution in [0.1, 0.15) is 54.6 Å². The van der Waals surface area contributed by atoms with Crippen molar-refractivity contribution < 1.29 is 4.79 Å². The third-order valence-electron chi connectivity index (χ3n) is 3.12. The molecule has 0 bridgehead atoms. The van der Waals surface area contributed by atoms with Crippen molar-refractivity contribution >= 4 is 11.6 Å². The number of nitrogens with zero attached hydrogens (tertiary/aromatic N) is 3. The number of carbonyl (C=O) groups excluding carboxylic acids is 1. The fourth-order valence-corrected chi connectivity index (χ4v) is 1.87. The molecule has 0 aliphatic heterocycles. The Morgan fingerprint density at radius 1 is 1.24 bits per heavy atom. The molecule has 0 aliphatic carbocycles. The van der Waals surface area contributed by atoms with Crippen molar-refractivity contribution in [2.75, 3.05) is 5.73 Å². The van der Waals surface area contributed by atoms with Gasteiger partial charge >= 0.3 is 0 Å². The number of hydrogen-bond donors (Lipinski definition) is 2. The molecule has 110 valence electrons. The Bertz CT molecular complexity index is 627. The number of nitrogen functional groups attached to an aromatic ring is 1. The highest BCUT2D eigenvalue weighted by molar-refractivity contribution is 5.97. The molecule has 2 aromatic heterocycles. The molecule has 0 aliphatic rings. The van der Waals surface area contributed by atoms with Crippen LogP contribution in [0.4, 0.5) is 5.69 Å². The minimum atomic E-state index is -0.305. The monoisotopic (exact) mass is 285 g/mol. The van der Waals surface area contributed by atoms with E-state index in [0.29, 0.717) is 5.82 Å². The number of nitrogens with one attached hydrogen (secondary N) is 1. The molecule has 0 saturated carbocycles. The molecule has 1 amide bonds. The standard InChI is InChI=1S/C15H19N5O/c1-9(2)14-18-8-12(16)13(20-14)15(21)19-10(3)11-4-6-17-7-5-11/h4-10H,16H2,1-3H3,(H,19,21). The Kier molecular flexibility index (Phi) is 4.47. The highest BCUT2D eigenvalue weighted by Crippen LogP contribution is 2.16. The predicted octanol–water partition coefficient (Wildman–Crippen LogP) is 2.07. The van der Waals surface area contributed by atoms with Crippen LogP contribution < -0.4 is 11.1 Å². The van der Waals surface area contributed by atoms with E-state index in [1.165, 1.54) is 6.20 Å². The Morgan fingerprint density at radius 3 is 2.52 bits per heavy atom. The highest BCUT2D eigenvalue weighted by Gasteiger charge is 2.17. The first-order chi connectivity index (χ1) is 9.99. The summed E-state index contributed by atoms with van der Waals surface area (Å²) in [5.74, 6) is 0.432. The topological polar surface area (TPSA) is 93.8 Å². The smallest absolute Gasteiger partial charge is 0.272 e. The van der Waals surface area contributed by atoms with Crippen molar-refractivity contribution in [1.82, 2.24) is 20.3 Å². The lowest BCUT2D eigenvalue weighted by Gasteiger charge is -2.15. The zero-order chi connectivity index (χ0) is 15.4. The molecule has 2 heterocycles. The average molecular weight is 285 g/mol. The summed E-state index contributed by atoms with van der Waals surface area (Å²) in [5.41, 5.74) is 7.27. The minimum Gasteiger partial charge on any atom is -0.396 e. The maximum atomic E-state index is 12.3. The Labute approximate surface area is 123 Å². The maximum absolute atomic E-state index is 12.3. The quantitative estimate of drug-likeness (QED) is 0.896. The summed E-state index contributed by atoms with van der Waals surface area (Å²) in [6.07, 6.45) is 4.86. The molecule has 2 rings (SSSR count). The summed E-state index contributed by atoms with van der Waals surface area (Å²) in [6, 6.07) is 3.55. The Morgan fingerprint density at radius 2 is 1.90 bits per heavy atom. The van der Waals surface area contributed by atoms with Gasteiger partial charge in [-0.3, -0.25) is 9.78 Å². The lowest BCUT2D eigenvalue weighted by molar-refractivity contribution is 0.0935. The average Bonchev–Trinajstić information content (AvgIpc) is 2.48. The minimum absolute atomic E-state index is 0.134. The van der Waals surface area contributed by atoms with Crippen LogP contribution in [0.3, 0.4) is 0 Å². The van der Waals surface area contributed by atoms with Gasteiger partial charge in [0, 0.05) is 18.3 Å². The summed E-state index contributed by atoms with van der Waals surface area (Å²) in [5, 5.41) is 2.88. The molecule has 1 unspecified atom stereocenters. The molecule has 6 heteroatoms. The number of rotatable bonds is 4. The van der Waals surface area contributed by atoms with Crippen LogP contribution in [0, 0.1) is 0 Å². The second kappa shape index (κ2) is 6.30. The van der Waals surface area contributed by atoms with Gasteiger partial charge in [0.05, 0.1) is 17.9 Å². The van der Waals surface area contributed by atoms with Gasteiger partial charge in [0.2, 0.25) is 0 Å². The van der Waals surface area contributed by atoms with Crippen LogP contribution in [0.2, 0.25) is 0 Å². The van der Waals surface area contributed by atoms with Gasteiger partial charge in [-0.2, -0.15) is 0 Å². The van der Waals surface area contributed by atoms with E-state index in [1.807, 2.05) is 32.9 Å². The normalized spacial score (nSPS) is 12.2. The fraction of sp³-hybridized carbons (Fsp3) is 0.333. The third-order valence-corrected chi connectivity index (χ3v) is 3.12. The van der Waals surface area contributed by atoms with Gasteiger partial charge in [-0.25, -0.2) is 9.97 Å². The molecule has 0 aromatic carbocycles. The number of pyridine rings is 1. The van der Waals surface area contributed by atoms with E-state index < -0.39 is 0 Å². The first kappa shape index (κ1) is 14.9. The number of aromatic nitrogens is 3. The molecule has 21 heavy (non-hydrogen) atoms. The van der Waals surface area contributed by atoms with E-state index in [-0.39, 0.29) is 29.2 Å². The van der Waals surface area contributed by atoms with Gasteiger partial charge < -0.3 is 11.1 Å². The Hall–Kier alpha value is -2.50. The number of nitrogens with two attached hydrogens (primary N) is 1. The highest BCUT2D eigenvalue weighted by atomic mass is 16.2. The van der Waals surface area contributed by atoms with Gasteiger partial charge in [0.25, 0.3) is 5.91 Å². The van der Waals surface area contributed by atoms with Crippen molar-refractivity contribution in [3.05, 3.63) is 47.8 Å². The van der Waals surface area contributed by atoms with Crippen molar-refractivity contribution in [3.8, 4) is 0 Å². The molecule has 3 N–H and O–H groups in total. The van der Waals surface area contributed by atoms with E-state index >= 15 is 0 Å². The van der Waals surface area contributed by atoms with Crippen LogP contribution in [-0.2, 0) is 0 Å². The Balaban J connectivity index is 2.19. The van der Waals surface area contributed by atoms with E-state index in [0.717, 1.165) is 5.56 Å². The SMILES string of the molecule is CC(C)c1ncc(N)c(C(=O)NC(C)c2ccncc2)n1. The van der Waals surface area contributed by atoms with Crippen molar-refractivity contribution in [2.24, 2.45) is 0 Å². The maximum Gasteiger partial charge on any atom is 0.272 e. The van der Waals surface area contributed by atoms with Crippen LogP contribution >= 0.6 is 0 Å². The summed E-state index contributed by atoms with van der Waals surface area (Å²) in [4.78, 5) is 24.7. The molecule has 0 fully saturated rings. The lowest BCUT2D eigenvalue weighted by Crippen LogP contribution is -2.28. The van der Waals surface area contributed by atoms with E-state index in [1.54, 1.807) is 12.4 Å².